The molecule has 32 heavy (non-hydrogen) atoms. The molecule has 1 N–H and O–H groups in total. The summed E-state index contributed by atoms with van der Waals surface area (Å²) >= 11 is 0. The van der Waals surface area contributed by atoms with Gasteiger partial charge in [0.25, 0.3) is 11.8 Å². The van der Waals surface area contributed by atoms with E-state index in [2.05, 4.69) is 20.8 Å². The molecule has 3 aromatic rings. The molecule has 4 rings (SSSR count). The third kappa shape index (κ3) is 4.54. The largest absolute Gasteiger partial charge is 0.383 e. The highest BCUT2D eigenvalue weighted by molar-refractivity contribution is 6.00. The quantitative estimate of drug-likeness (QED) is 0.562. The Morgan fingerprint density at radius 2 is 1.97 bits per heavy atom. The van der Waals surface area contributed by atoms with Gasteiger partial charge in [0.2, 0.25) is 0 Å². The number of aryl methyl sites for hydroxylation is 1. The van der Waals surface area contributed by atoms with Crippen LogP contribution in [0.4, 0.5) is 0 Å². The van der Waals surface area contributed by atoms with Gasteiger partial charge in [-0.1, -0.05) is 40.7 Å². The number of piperidine rings is 1. The molecule has 0 bridgehead atoms. The van der Waals surface area contributed by atoms with E-state index in [1.165, 1.54) is 0 Å². The smallest absolute Gasteiger partial charge is 0.273 e. The van der Waals surface area contributed by atoms with E-state index in [-0.39, 0.29) is 23.6 Å². The van der Waals surface area contributed by atoms with Crippen molar-refractivity contribution >= 4 is 11.8 Å². The molecule has 3 heterocycles. The maximum absolute atomic E-state index is 13.3. The number of aromatic nitrogens is 4. The molecule has 2 amide bonds. The number of nitrogens with zero attached hydrogens (tertiary/aromatic N) is 5. The van der Waals surface area contributed by atoms with Crippen molar-refractivity contribution in [2.45, 2.75) is 25.8 Å². The van der Waals surface area contributed by atoms with Crippen molar-refractivity contribution in [3.05, 3.63) is 53.5 Å². The Balaban J connectivity index is 1.39. The summed E-state index contributed by atoms with van der Waals surface area (Å²) in [6.45, 7) is 3.74. The van der Waals surface area contributed by atoms with Crippen LogP contribution < -0.4 is 5.32 Å². The molecule has 2 aromatic heterocycles. The minimum absolute atomic E-state index is 0.0734. The van der Waals surface area contributed by atoms with Gasteiger partial charge >= 0.3 is 0 Å². The van der Waals surface area contributed by atoms with E-state index in [9.17, 15) is 9.59 Å². The zero-order chi connectivity index (χ0) is 22.5. The summed E-state index contributed by atoms with van der Waals surface area (Å²) in [5, 5.41) is 15.0. The van der Waals surface area contributed by atoms with Crippen molar-refractivity contribution < 1.29 is 18.8 Å². The van der Waals surface area contributed by atoms with Gasteiger partial charge in [0.05, 0.1) is 18.8 Å². The first-order chi connectivity index (χ1) is 15.6. The Morgan fingerprint density at radius 1 is 1.22 bits per heavy atom. The topological polar surface area (TPSA) is 115 Å². The van der Waals surface area contributed by atoms with Crippen LogP contribution in [0.2, 0.25) is 0 Å². The fourth-order valence-electron chi connectivity index (χ4n) is 3.83. The van der Waals surface area contributed by atoms with E-state index in [4.69, 9.17) is 9.26 Å². The van der Waals surface area contributed by atoms with Crippen LogP contribution in [-0.2, 0) is 4.74 Å². The Kier molecular flexibility index (Phi) is 6.60. The predicted molar refractivity (Wildman–Crippen MR) is 115 cm³/mol. The maximum Gasteiger partial charge on any atom is 0.273 e. The van der Waals surface area contributed by atoms with Crippen LogP contribution in [0.5, 0.6) is 0 Å². The number of hydrogen-bond acceptors (Lipinski definition) is 7. The summed E-state index contributed by atoms with van der Waals surface area (Å²) in [6.07, 6.45) is 3.08. The first kappa shape index (κ1) is 21.7. The van der Waals surface area contributed by atoms with Gasteiger partial charge in [-0.3, -0.25) is 9.59 Å². The van der Waals surface area contributed by atoms with Gasteiger partial charge in [-0.15, -0.1) is 5.10 Å². The molecule has 1 aliphatic rings. The summed E-state index contributed by atoms with van der Waals surface area (Å²) in [4.78, 5) is 27.2. The van der Waals surface area contributed by atoms with Crippen LogP contribution in [0.25, 0.3) is 11.3 Å². The number of rotatable bonds is 7. The lowest BCUT2D eigenvalue weighted by Crippen LogP contribution is -2.39. The number of carbonyl (C=O) groups excluding carboxylic acids is 2. The molecule has 10 heteroatoms. The molecule has 168 valence electrons. The molecule has 1 fully saturated rings. The summed E-state index contributed by atoms with van der Waals surface area (Å²) in [6, 6.07) is 9.63. The van der Waals surface area contributed by atoms with Crippen LogP contribution >= 0.6 is 0 Å². The van der Waals surface area contributed by atoms with Crippen molar-refractivity contribution in [1.82, 2.24) is 30.4 Å². The van der Waals surface area contributed by atoms with Crippen molar-refractivity contribution in [1.29, 1.82) is 0 Å². The molecule has 1 aliphatic heterocycles. The highest BCUT2D eigenvalue weighted by Gasteiger charge is 2.30. The average Bonchev–Trinajstić information content (AvgIpc) is 3.47. The minimum atomic E-state index is -0.280. The van der Waals surface area contributed by atoms with Crippen LogP contribution in [-0.4, -0.2) is 70.2 Å². The third-order valence-electron chi connectivity index (χ3n) is 5.58. The van der Waals surface area contributed by atoms with Crippen LogP contribution in [0.3, 0.4) is 0 Å². The average molecular weight is 438 g/mol. The number of amides is 2. The number of hydrogen-bond donors (Lipinski definition) is 1. The number of ether oxygens (including phenoxy) is 1. The van der Waals surface area contributed by atoms with Crippen molar-refractivity contribution in [3.63, 3.8) is 0 Å². The fourth-order valence-corrected chi connectivity index (χ4v) is 3.83. The summed E-state index contributed by atoms with van der Waals surface area (Å²) in [7, 11) is 1.58. The van der Waals surface area contributed by atoms with E-state index >= 15 is 0 Å². The lowest BCUT2D eigenvalue weighted by molar-refractivity contribution is 0.0688. The minimum Gasteiger partial charge on any atom is -0.383 e. The second-order valence-corrected chi connectivity index (χ2v) is 7.68. The van der Waals surface area contributed by atoms with Gasteiger partial charge in [0, 0.05) is 32.3 Å². The molecule has 0 saturated carbocycles. The number of likely N-dealkylation sites (tertiary alicyclic amines) is 1. The van der Waals surface area contributed by atoms with E-state index < -0.39 is 0 Å². The Labute approximate surface area is 185 Å². The molecule has 1 saturated heterocycles. The maximum atomic E-state index is 13.3. The van der Waals surface area contributed by atoms with Crippen molar-refractivity contribution in [3.8, 4) is 11.3 Å². The third-order valence-corrected chi connectivity index (χ3v) is 5.58. The SMILES string of the molecule is COCCNC(=O)c1cn(C2CCN(C(=O)c3c(-c4ccccc4)noc3C)CC2)nn1. The summed E-state index contributed by atoms with van der Waals surface area (Å²) < 4.78 is 12.0. The molecular weight excluding hydrogens is 412 g/mol. The number of nitrogens with one attached hydrogen (secondary N) is 1. The highest BCUT2D eigenvalue weighted by Crippen LogP contribution is 2.29. The normalized spacial score (nSPS) is 14.5. The van der Waals surface area contributed by atoms with Gasteiger partial charge in [-0.05, 0) is 19.8 Å². The molecule has 1 aromatic carbocycles. The van der Waals surface area contributed by atoms with E-state index in [1.54, 1.807) is 24.9 Å². The molecule has 10 nitrogen and oxygen atoms in total. The van der Waals surface area contributed by atoms with Crippen LogP contribution in [0.1, 0.15) is 45.5 Å². The summed E-state index contributed by atoms with van der Waals surface area (Å²) in [5.74, 6) is 0.145. The van der Waals surface area contributed by atoms with Gasteiger partial charge in [0.15, 0.2) is 5.69 Å². The monoisotopic (exact) mass is 438 g/mol. The standard InChI is InChI=1S/C22H26N6O4/c1-15-19(20(25-32-15)16-6-4-3-5-7-16)22(30)27-11-8-17(9-12-27)28-14-18(24-26-28)21(29)23-10-13-31-2/h3-7,14,17H,8-13H2,1-2H3,(H,23,29). The Morgan fingerprint density at radius 3 is 2.69 bits per heavy atom. The first-order valence-electron chi connectivity index (χ1n) is 10.6. The molecule has 0 radical (unpaired) electrons. The molecule has 0 aliphatic carbocycles. The van der Waals surface area contributed by atoms with Crippen LogP contribution in [0, 0.1) is 6.92 Å². The number of carbonyl (C=O) groups is 2. The Bertz CT molecular complexity index is 1070. The van der Waals surface area contributed by atoms with Gasteiger partial charge in [-0.25, -0.2) is 4.68 Å². The highest BCUT2D eigenvalue weighted by atomic mass is 16.5. The lowest BCUT2D eigenvalue weighted by atomic mass is 10.0. The van der Waals surface area contributed by atoms with Gasteiger partial charge < -0.3 is 19.5 Å². The predicted octanol–water partition coefficient (Wildman–Crippen LogP) is 2.10. The second kappa shape index (κ2) is 9.73. The Hall–Kier alpha value is -3.53. The zero-order valence-corrected chi connectivity index (χ0v) is 18.2. The second-order valence-electron chi connectivity index (χ2n) is 7.68. The number of methoxy groups -OCH3 is 1. The summed E-state index contributed by atoms with van der Waals surface area (Å²) in [5.41, 5.74) is 2.19. The van der Waals surface area contributed by atoms with Gasteiger partial charge in [0.1, 0.15) is 17.0 Å². The van der Waals surface area contributed by atoms with E-state index in [1.807, 2.05) is 35.2 Å². The zero-order valence-electron chi connectivity index (χ0n) is 18.2. The van der Waals surface area contributed by atoms with E-state index in [0.29, 0.717) is 56.1 Å². The molecular formula is C22H26N6O4. The molecule has 0 unspecified atom stereocenters. The molecule has 0 atom stereocenters. The molecule has 0 spiro atoms. The van der Waals surface area contributed by atoms with Crippen molar-refractivity contribution in [2.75, 3.05) is 33.4 Å². The van der Waals surface area contributed by atoms with E-state index in [0.717, 1.165) is 5.56 Å². The van der Waals surface area contributed by atoms with Gasteiger partial charge in [-0.2, -0.15) is 0 Å². The van der Waals surface area contributed by atoms with Crippen molar-refractivity contribution in [2.24, 2.45) is 0 Å². The fraction of sp³-hybridized carbons (Fsp3) is 0.409. The first-order valence-corrected chi connectivity index (χ1v) is 10.6. The lowest BCUT2D eigenvalue weighted by Gasteiger charge is -2.31. The van der Waals surface area contributed by atoms with Crippen LogP contribution in [0.15, 0.2) is 41.1 Å². The number of benzene rings is 1.